The van der Waals surface area contributed by atoms with Gasteiger partial charge in [-0.15, -0.1) is 0 Å². The number of nitrogens with one attached hydrogen (secondary N) is 2. The molecule has 2 aromatic heterocycles. The molecule has 2 aliphatic heterocycles. The summed E-state index contributed by atoms with van der Waals surface area (Å²) < 4.78 is 47.0. The van der Waals surface area contributed by atoms with Gasteiger partial charge in [-0.05, 0) is 106 Å². The molecule has 0 radical (unpaired) electrons. The number of hydrogen-bond acceptors (Lipinski definition) is 7. The molecule has 1 amide bonds. The monoisotopic (exact) mass is 666 g/mol. The third-order valence-corrected chi connectivity index (χ3v) is 10.2. The molecule has 3 aliphatic rings. The Balaban J connectivity index is 1.34. The van der Waals surface area contributed by atoms with E-state index >= 15 is 0 Å². The predicted octanol–water partition coefficient (Wildman–Crippen LogP) is 5.33. The van der Waals surface area contributed by atoms with E-state index in [4.69, 9.17) is 9.72 Å². The molecule has 0 saturated carbocycles. The molecule has 1 aromatic carbocycles. The summed E-state index contributed by atoms with van der Waals surface area (Å²) >= 11 is 0. The van der Waals surface area contributed by atoms with Crippen LogP contribution in [-0.4, -0.2) is 79.8 Å². The Kier molecular flexibility index (Phi) is 10.1. The number of nitrogens with zero attached hydrogens (tertiary/aromatic N) is 4. The maximum atomic E-state index is 14.0. The minimum atomic E-state index is -4.65. The van der Waals surface area contributed by atoms with Gasteiger partial charge in [0.05, 0.1) is 0 Å². The Labute approximate surface area is 279 Å². The van der Waals surface area contributed by atoms with Gasteiger partial charge >= 0.3 is 6.18 Å². The first kappa shape index (κ1) is 34.0. The second-order valence-electron chi connectivity index (χ2n) is 13.1. The lowest BCUT2D eigenvalue weighted by Crippen LogP contribution is -2.44. The number of halogens is 3. The predicted molar refractivity (Wildman–Crippen MR) is 181 cm³/mol. The van der Waals surface area contributed by atoms with Crippen LogP contribution in [0.15, 0.2) is 35.3 Å². The number of anilines is 2. The zero-order valence-corrected chi connectivity index (χ0v) is 28.0. The molecule has 2 fully saturated rings. The first-order valence-electron chi connectivity index (χ1n) is 17.1. The van der Waals surface area contributed by atoms with Gasteiger partial charge in [-0.1, -0.05) is 0 Å². The van der Waals surface area contributed by atoms with Crippen LogP contribution in [0, 0.1) is 6.92 Å². The second-order valence-corrected chi connectivity index (χ2v) is 13.1. The van der Waals surface area contributed by atoms with Crippen molar-refractivity contribution in [1.29, 1.82) is 0 Å². The summed E-state index contributed by atoms with van der Waals surface area (Å²) in [7, 11) is 2.12. The van der Waals surface area contributed by atoms with Crippen molar-refractivity contribution in [3.63, 3.8) is 0 Å². The standard InChI is InChI=1S/C36H45F3N6O3/c1-4-45(26-11-17-48-18-12-26)31-20-25(24-9-10-32(40-21-24)44-15-13-43(3)14-16-44)19-29(23(31)2)34(46)41-22-30-27-7-5-6-8-28(27)33(36(37,38)39)42-35(30)47/h9-10,19-21,26H,4-8,11-18,22H2,1-3H3,(H,41,46)(H,42,47). The van der Waals surface area contributed by atoms with E-state index in [1.54, 1.807) is 0 Å². The molecular weight excluding hydrogens is 621 g/mol. The van der Waals surface area contributed by atoms with Gasteiger partial charge in [0.1, 0.15) is 11.5 Å². The molecular formula is C36H45F3N6O3. The Bertz CT molecular complexity index is 1680. The molecule has 3 aromatic rings. The highest BCUT2D eigenvalue weighted by molar-refractivity contribution is 5.99. The van der Waals surface area contributed by atoms with Crippen molar-refractivity contribution in [2.24, 2.45) is 0 Å². The Morgan fingerprint density at radius 2 is 1.77 bits per heavy atom. The van der Waals surface area contributed by atoms with Gasteiger partial charge in [0.15, 0.2) is 0 Å². The van der Waals surface area contributed by atoms with Crippen molar-refractivity contribution < 1.29 is 22.7 Å². The SMILES string of the molecule is CCN(c1cc(-c2ccc(N3CCN(C)CC3)nc2)cc(C(=O)NCc2c3c(c(C(F)(F)F)[nH]c2=O)CCCC3)c1C)C1CCOCC1. The highest BCUT2D eigenvalue weighted by atomic mass is 19.4. The van der Waals surface area contributed by atoms with Crippen molar-refractivity contribution in [3.05, 3.63) is 74.3 Å². The van der Waals surface area contributed by atoms with Crippen LogP contribution in [0.5, 0.6) is 0 Å². The van der Waals surface area contributed by atoms with Crippen molar-refractivity contribution in [2.45, 2.75) is 71.1 Å². The number of carbonyl (C=O) groups excluding carboxylic acids is 1. The number of aromatic nitrogens is 2. The van der Waals surface area contributed by atoms with Gasteiger partial charge in [-0.25, -0.2) is 4.98 Å². The molecule has 0 spiro atoms. The summed E-state index contributed by atoms with van der Waals surface area (Å²) in [6.07, 6.45) is 0.887. The summed E-state index contributed by atoms with van der Waals surface area (Å²) in [5.41, 5.74) is 2.88. The quantitative estimate of drug-likeness (QED) is 0.336. The van der Waals surface area contributed by atoms with Crippen LogP contribution in [0.1, 0.15) is 70.9 Å². The summed E-state index contributed by atoms with van der Waals surface area (Å²) in [5, 5.41) is 2.90. The molecule has 2 saturated heterocycles. The van der Waals surface area contributed by atoms with Gasteiger partial charge in [0, 0.05) is 87.1 Å². The van der Waals surface area contributed by atoms with Crippen molar-refractivity contribution >= 4 is 17.4 Å². The lowest BCUT2D eigenvalue weighted by Gasteiger charge is -2.37. The number of amides is 1. The number of likely N-dealkylation sites (N-methyl/N-ethyl adjacent to an activating group) is 1. The van der Waals surface area contributed by atoms with Crippen LogP contribution in [0.3, 0.4) is 0 Å². The van der Waals surface area contributed by atoms with Gasteiger partial charge in [0.25, 0.3) is 11.5 Å². The first-order valence-corrected chi connectivity index (χ1v) is 17.1. The molecule has 12 heteroatoms. The molecule has 4 heterocycles. The van der Waals surface area contributed by atoms with Crippen LogP contribution >= 0.6 is 0 Å². The van der Waals surface area contributed by atoms with Gasteiger partial charge in [-0.2, -0.15) is 13.2 Å². The van der Waals surface area contributed by atoms with E-state index in [-0.39, 0.29) is 36.0 Å². The molecule has 0 atom stereocenters. The number of aromatic amines is 1. The van der Waals surface area contributed by atoms with Crippen molar-refractivity contribution in [1.82, 2.24) is 20.2 Å². The Morgan fingerprint density at radius 3 is 2.42 bits per heavy atom. The van der Waals surface area contributed by atoms with E-state index in [0.29, 0.717) is 43.6 Å². The number of fused-ring (bicyclic) bond motifs is 1. The fourth-order valence-corrected chi connectivity index (χ4v) is 7.41. The van der Waals surface area contributed by atoms with E-state index in [0.717, 1.165) is 73.8 Å². The van der Waals surface area contributed by atoms with E-state index in [1.165, 1.54) is 0 Å². The molecule has 48 heavy (non-hydrogen) atoms. The average molecular weight is 667 g/mol. The zero-order valence-electron chi connectivity index (χ0n) is 28.0. The Morgan fingerprint density at radius 1 is 1.06 bits per heavy atom. The zero-order chi connectivity index (χ0) is 34.0. The molecule has 9 nitrogen and oxygen atoms in total. The van der Waals surface area contributed by atoms with Crippen LogP contribution < -0.4 is 20.7 Å². The molecule has 2 N–H and O–H groups in total. The number of pyridine rings is 2. The number of rotatable bonds is 8. The third kappa shape index (κ3) is 7.10. The van der Waals surface area contributed by atoms with Crippen LogP contribution in [-0.2, 0) is 30.3 Å². The number of H-pyrrole nitrogens is 1. The van der Waals surface area contributed by atoms with Gasteiger partial charge in [0.2, 0.25) is 0 Å². The highest BCUT2D eigenvalue weighted by Gasteiger charge is 2.37. The fourth-order valence-electron chi connectivity index (χ4n) is 7.41. The lowest BCUT2D eigenvalue weighted by atomic mass is 9.87. The second kappa shape index (κ2) is 14.3. The molecule has 6 rings (SSSR count). The normalized spacial score (nSPS) is 17.7. The largest absolute Gasteiger partial charge is 0.431 e. The van der Waals surface area contributed by atoms with E-state index in [2.05, 4.69) is 45.0 Å². The van der Waals surface area contributed by atoms with E-state index in [9.17, 15) is 22.8 Å². The molecule has 0 bridgehead atoms. The fraction of sp³-hybridized carbons (Fsp3) is 0.528. The van der Waals surface area contributed by atoms with Crippen molar-refractivity contribution in [2.75, 3.05) is 62.8 Å². The van der Waals surface area contributed by atoms with E-state index < -0.39 is 17.4 Å². The number of hydrogen-bond donors (Lipinski definition) is 2. The summed E-state index contributed by atoms with van der Waals surface area (Å²) in [6.45, 7) is 9.73. The topological polar surface area (TPSA) is 93.8 Å². The molecule has 258 valence electrons. The van der Waals surface area contributed by atoms with Gasteiger partial charge in [-0.3, -0.25) is 9.59 Å². The number of alkyl halides is 3. The Hall–Kier alpha value is -3.90. The summed E-state index contributed by atoms with van der Waals surface area (Å²) in [5.74, 6) is 0.532. The smallest absolute Gasteiger partial charge is 0.381 e. The van der Waals surface area contributed by atoms with Crippen LogP contribution in [0.25, 0.3) is 11.1 Å². The molecule has 1 aliphatic carbocycles. The number of benzene rings is 1. The van der Waals surface area contributed by atoms with Crippen LogP contribution in [0.4, 0.5) is 24.7 Å². The van der Waals surface area contributed by atoms with Crippen LogP contribution in [0.2, 0.25) is 0 Å². The lowest BCUT2D eigenvalue weighted by molar-refractivity contribution is -0.142. The van der Waals surface area contributed by atoms with Gasteiger partial charge < -0.3 is 29.7 Å². The maximum Gasteiger partial charge on any atom is 0.431 e. The minimum Gasteiger partial charge on any atom is -0.381 e. The maximum absolute atomic E-state index is 14.0. The summed E-state index contributed by atoms with van der Waals surface area (Å²) in [4.78, 5) is 40.8. The number of carbonyl (C=O) groups is 1. The summed E-state index contributed by atoms with van der Waals surface area (Å²) in [6, 6.07) is 8.29. The van der Waals surface area contributed by atoms with E-state index in [1.807, 2.05) is 31.3 Å². The average Bonchev–Trinajstić information content (AvgIpc) is 3.09. The number of ether oxygens (including phenoxy) is 1. The minimum absolute atomic E-state index is 0.139. The van der Waals surface area contributed by atoms with Crippen molar-refractivity contribution in [3.8, 4) is 11.1 Å². The third-order valence-electron chi connectivity index (χ3n) is 10.2. The molecule has 0 unspecified atom stereocenters. The number of piperazine rings is 1. The highest BCUT2D eigenvalue weighted by Crippen LogP contribution is 2.36. The first-order chi connectivity index (χ1) is 23.0.